The molecule has 4 nitrogen and oxygen atoms in total. The highest BCUT2D eigenvalue weighted by Crippen LogP contribution is 2.33. The number of hydrogen-bond acceptors (Lipinski definition) is 2. The van der Waals surface area contributed by atoms with Crippen LogP contribution in [0.1, 0.15) is 23.2 Å². The largest absolute Gasteiger partial charge is 0.416 e. The molecule has 0 fully saturated rings. The normalized spacial score (nSPS) is 11.4. The number of aromatic nitrogens is 2. The molecule has 3 rings (SSSR count). The van der Waals surface area contributed by atoms with E-state index in [9.17, 15) is 18.0 Å². The van der Waals surface area contributed by atoms with Crippen LogP contribution in [-0.2, 0) is 17.4 Å². The molecule has 0 atom stereocenters. The molecule has 0 bridgehead atoms. The van der Waals surface area contributed by atoms with E-state index in [1.54, 1.807) is 13.1 Å². The van der Waals surface area contributed by atoms with Gasteiger partial charge in [-0.1, -0.05) is 30.3 Å². The van der Waals surface area contributed by atoms with Gasteiger partial charge in [0.25, 0.3) is 0 Å². The van der Waals surface area contributed by atoms with E-state index in [1.807, 2.05) is 30.3 Å². The molecule has 0 aliphatic carbocycles. The number of anilines is 1. The summed E-state index contributed by atoms with van der Waals surface area (Å²) in [6.45, 7) is 1.75. The van der Waals surface area contributed by atoms with Crippen molar-refractivity contribution in [2.24, 2.45) is 0 Å². The fourth-order valence-corrected chi connectivity index (χ4v) is 2.68. The van der Waals surface area contributed by atoms with Crippen molar-refractivity contribution >= 4 is 11.6 Å². The maximum absolute atomic E-state index is 13.2. The monoisotopic (exact) mass is 373 g/mol. The smallest absolute Gasteiger partial charge is 0.326 e. The summed E-state index contributed by atoms with van der Waals surface area (Å²) < 4.78 is 41.2. The Hall–Kier alpha value is -3.09. The summed E-state index contributed by atoms with van der Waals surface area (Å²) in [4.78, 5) is 16.2. The van der Waals surface area contributed by atoms with Gasteiger partial charge in [-0.3, -0.25) is 4.79 Å². The van der Waals surface area contributed by atoms with E-state index in [0.717, 1.165) is 17.7 Å². The second kappa shape index (κ2) is 7.65. The van der Waals surface area contributed by atoms with Gasteiger partial charge >= 0.3 is 6.18 Å². The van der Waals surface area contributed by atoms with Crippen molar-refractivity contribution in [3.05, 3.63) is 77.9 Å². The number of carbonyl (C=O) groups excluding carboxylic acids is 1. The number of hydrogen-bond donors (Lipinski definition) is 1. The summed E-state index contributed by atoms with van der Waals surface area (Å²) in [6, 6.07) is 12.9. The number of nitrogens with one attached hydrogen (secondary N) is 1. The van der Waals surface area contributed by atoms with Gasteiger partial charge in [-0.05, 0) is 37.1 Å². The summed E-state index contributed by atoms with van der Waals surface area (Å²) in [5, 5.41) is 2.57. The van der Waals surface area contributed by atoms with E-state index < -0.39 is 11.7 Å². The first kappa shape index (κ1) is 18.7. The zero-order valence-electron chi connectivity index (χ0n) is 14.6. The Morgan fingerprint density at radius 3 is 2.52 bits per heavy atom. The zero-order chi connectivity index (χ0) is 19.4. The second-order valence-electron chi connectivity index (χ2n) is 6.22. The average molecular weight is 373 g/mol. The van der Waals surface area contributed by atoms with Gasteiger partial charge in [-0.15, -0.1) is 0 Å². The Kier molecular flexibility index (Phi) is 5.30. The van der Waals surface area contributed by atoms with Crippen LogP contribution in [-0.4, -0.2) is 15.5 Å². The molecule has 1 aromatic heterocycles. The predicted molar refractivity (Wildman–Crippen MR) is 96.7 cm³/mol. The number of rotatable bonds is 5. The molecule has 140 valence electrons. The number of halogens is 3. The first-order valence-electron chi connectivity index (χ1n) is 8.38. The molecule has 0 unspecified atom stereocenters. The highest BCUT2D eigenvalue weighted by atomic mass is 19.4. The van der Waals surface area contributed by atoms with Crippen molar-refractivity contribution in [2.75, 3.05) is 5.32 Å². The molecule has 1 heterocycles. The molecular weight excluding hydrogens is 355 g/mol. The standard InChI is InChI=1S/C20H18F3N3O/c1-14-12-26(13-24-14)18-10-16(20(21,22)23)9-17(11-18)25-19(27)8-7-15-5-3-2-4-6-15/h2-6,9-13H,7-8H2,1H3,(H,25,27). The fourth-order valence-electron chi connectivity index (χ4n) is 2.68. The Morgan fingerprint density at radius 2 is 1.89 bits per heavy atom. The molecule has 0 saturated carbocycles. The van der Waals surface area contributed by atoms with E-state index >= 15 is 0 Å². The number of amides is 1. The van der Waals surface area contributed by atoms with Crippen LogP contribution in [0, 0.1) is 6.92 Å². The summed E-state index contributed by atoms with van der Waals surface area (Å²) in [7, 11) is 0. The zero-order valence-corrected chi connectivity index (χ0v) is 14.6. The molecule has 0 radical (unpaired) electrons. The van der Waals surface area contributed by atoms with Crippen molar-refractivity contribution in [3.63, 3.8) is 0 Å². The van der Waals surface area contributed by atoms with Crippen LogP contribution in [0.5, 0.6) is 0 Å². The summed E-state index contributed by atoms with van der Waals surface area (Å²) >= 11 is 0. The van der Waals surface area contributed by atoms with E-state index in [-0.39, 0.29) is 23.7 Å². The molecule has 1 N–H and O–H groups in total. The molecule has 0 spiro atoms. The Balaban J connectivity index is 1.80. The number of imidazole rings is 1. The number of aryl methyl sites for hydroxylation is 2. The van der Waals surface area contributed by atoms with Gasteiger partial charge in [0.15, 0.2) is 0 Å². The van der Waals surface area contributed by atoms with Gasteiger partial charge in [0, 0.05) is 24.0 Å². The van der Waals surface area contributed by atoms with Gasteiger partial charge < -0.3 is 9.88 Å². The first-order chi connectivity index (χ1) is 12.8. The molecule has 0 saturated heterocycles. The molecule has 1 amide bonds. The predicted octanol–water partition coefficient (Wildman–Crippen LogP) is 4.77. The SMILES string of the molecule is Cc1cn(-c2cc(NC(=O)CCc3ccccc3)cc(C(F)(F)F)c2)cn1. The third kappa shape index (κ3) is 4.97. The number of alkyl halides is 3. The van der Waals surface area contributed by atoms with Crippen LogP contribution in [0.2, 0.25) is 0 Å². The van der Waals surface area contributed by atoms with Gasteiger partial charge in [-0.25, -0.2) is 4.98 Å². The number of nitrogens with zero attached hydrogens (tertiary/aromatic N) is 2. The van der Waals surface area contributed by atoms with Crippen molar-refractivity contribution in [3.8, 4) is 5.69 Å². The topological polar surface area (TPSA) is 46.9 Å². The van der Waals surface area contributed by atoms with Crippen molar-refractivity contribution in [1.82, 2.24) is 9.55 Å². The minimum Gasteiger partial charge on any atom is -0.326 e. The molecular formula is C20H18F3N3O. The van der Waals surface area contributed by atoms with E-state index in [0.29, 0.717) is 12.1 Å². The molecule has 7 heteroatoms. The van der Waals surface area contributed by atoms with Gasteiger partial charge in [0.05, 0.1) is 17.6 Å². The van der Waals surface area contributed by atoms with Crippen LogP contribution < -0.4 is 5.32 Å². The van der Waals surface area contributed by atoms with E-state index in [2.05, 4.69) is 10.3 Å². The number of carbonyl (C=O) groups is 1. The van der Waals surface area contributed by atoms with Gasteiger partial charge in [0.2, 0.25) is 5.91 Å². The minimum atomic E-state index is -4.52. The Labute approximate surface area is 154 Å². The third-order valence-corrected chi connectivity index (χ3v) is 4.02. The second-order valence-corrected chi connectivity index (χ2v) is 6.22. The van der Waals surface area contributed by atoms with Crippen LogP contribution in [0.4, 0.5) is 18.9 Å². The lowest BCUT2D eigenvalue weighted by Crippen LogP contribution is -2.14. The van der Waals surface area contributed by atoms with Crippen molar-refractivity contribution in [1.29, 1.82) is 0 Å². The van der Waals surface area contributed by atoms with E-state index in [4.69, 9.17) is 0 Å². The third-order valence-electron chi connectivity index (χ3n) is 4.02. The number of benzene rings is 2. The lowest BCUT2D eigenvalue weighted by atomic mass is 10.1. The highest BCUT2D eigenvalue weighted by Gasteiger charge is 2.31. The molecule has 0 aliphatic rings. The van der Waals surface area contributed by atoms with Crippen LogP contribution in [0.15, 0.2) is 61.1 Å². The molecule has 3 aromatic rings. The quantitative estimate of drug-likeness (QED) is 0.700. The highest BCUT2D eigenvalue weighted by molar-refractivity contribution is 5.91. The maximum atomic E-state index is 13.2. The van der Waals surface area contributed by atoms with Gasteiger partial charge in [-0.2, -0.15) is 13.2 Å². The Bertz CT molecular complexity index is 933. The summed E-state index contributed by atoms with van der Waals surface area (Å²) in [6.07, 6.45) is -0.767. The van der Waals surface area contributed by atoms with Crippen LogP contribution in [0.25, 0.3) is 5.69 Å². The van der Waals surface area contributed by atoms with Crippen molar-refractivity contribution < 1.29 is 18.0 Å². The minimum absolute atomic E-state index is 0.101. The van der Waals surface area contributed by atoms with Crippen LogP contribution in [0.3, 0.4) is 0 Å². The summed E-state index contributed by atoms with van der Waals surface area (Å²) in [5.74, 6) is -0.342. The molecule has 2 aromatic carbocycles. The molecule has 27 heavy (non-hydrogen) atoms. The average Bonchev–Trinajstić information content (AvgIpc) is 3.06. The van der Waals surface area contributed by atoms with Gasteiger partial charge in [0.1, 0.15) is 0 Å². The first-order valence-corrected chi connectivity index (χ1v) is 8.38. The molecule has 0 aliphatic heterocycles. The fraction of sp³-hybridized carbons (Fsp3) is 0.200. The van der Waals surface area contributed by atoms with Crippen LogP contribution >= 0.6 is 0 Å². The van der Waals surface area contributed by atoms with E-state index in [1.165, 1.54) is 17.0 Å². The Morgan fingerprint density at radius 1 is 1.15 bits per heavy atom. The van der Waals surface area contributed by atoms with Crippen molar-refractivity contribution in [2.45, 2.75) is 25.9 Å². The maximum Gasteiger partial charge on any atom is 0.416 e. The summed E-state index contributed by atoms with van der Waals surface area (Å²) in [5.41, 5.74) is 1.23. The lowest BCUT2D eigenvalue weighted by molar-refractivity contribution is -0.137. The lowest BCUT2D eigenvalue weighted by Gasteiger charge is -2.13.